The Labute approximate surface area is 110 Å². The minimum Gasteiger partial charge on any atom is -0.467 e. The molecule has 2 N–H and O–H groups in total. The highest BCUT2D eigenvalue weighted by molar-refractivity contribution is 7.98. The van der Waals surface area contributed by atoms with Crippen molar-refractivity contribution >= 4 is 17.7 Å². The number of pyridine rings is 1. The van der Waals surface area contributed by atoms with Gasteiger partial charge in [0.2, 0.25) is 11.8 Å². The van der Waals surface area contributed by atoms with Crippen LogP contribution in [0, 0.1) is 0 Å². The first-order valence-electron chi connectivity index (χ1n) is 5.45. The fraction of sp³-hybridized carbons (Fsp3) is 0.250. The van der Waals surface area contributed by atoms with Gasteiger partial charge >= 0.3 is 0 Å². The van der Waals surface area contributed by atoms with Crippen molar-refractivity contribution in [2.75, 3.05) is 12.0 Å². The number of aromatic nitrogens is 3. The molecule has 0 saturated heterocycles. The molecule has 2 aromatic heterocycles. The molecule has 2 aromatic rings. The van der Waals surface area contributed by atoms with Gasteiger partial charge in [-0.15, -0.1) is 11.8 Å². The van der Waals surface area contributed by atoms with Gasteiger partial charge in [0.15, 0.2) is 0 Å². The lowest BCUT2D eigenvalue weighted by atomic mass is 10.3. The van der Waals surface area contributed by atoms with Gasteiger partial charge in [-0.05, 0) is 31.4 Å². The molecule has 0 aromatic carbocycles. The van der Waals surface area contributed by atoms with Gasteiger partial charge in [-0.3, -0.25) is 0 Å². The van der Waals surface area contributed by atoms with Crippen molar-refractivity contribution in [3.8, 4) is 5.88 Å². The molecule has 0 aliphatic carbocycles. The first-order chi connectivity index (χ1) is 8.70. The number of anilines is 1. The summed E-state index contributed by atoms with van der Waals surface area (Å²) in [6.45, 7) is 1.90. The minimum atomic E-state index is -0.226. The molecule has 0 radical (unpaired) electrons. The molecule has 18 heavy (non-hydrogen) atoms. The van der Waals surface area contributed by atoms with Crippen LogP contribution in [0.5, 0.6) is 5.88 Å². The molecule has 0 unspecified atom stereocenters. The highest BCUT2D eigenvalue weighted by Crippen LogP contribution is 2.28. The van der Waals surface area contributed by atoms with Gasteiger partial charge in [-0.1, -0.05) is 0 Å². The maximum absolute atomic E-state index is 5.80. The summed E-state index contributed by atoms with van der Waals surface area (Å²) in [5.74, 6) is 0.851. The molecule has 0 aliphatic heterocycles. The van der Waals surface area contributed by atoms with E-state index >= 15 is 0 Å². The highest BCUT2D eigenvalue weighted by atomic mass is 32.2. The summed E-state index contributed by atoms with van der Waals surface area (Å²) in [4.78, 5) is 13.2. The maximum Gasteiger partial charge on any atom is 0.227 e. The average Bonchev–Trinajstić information content (AvgIpc) is 2.39. The van der Waals surface area contributed by atoms with Gasteiger partial charge in [0.25, 0.3) is 0 Å². The molecule has 0 bridgehead atoms. The Bertz CT molecular complexity index is 535. The van der Waals surface area contributed by atoms with Crippen LogP contribution < -0.4 is 10.5 Å². The molecule has 2 rings (SSSR count). The Kier molecular flexibility index (Phi) is 3.99. The topological polar surface area (TPSA) is 73.9 Å². The molecule has 2 heterocycles. The predicted molar refractivity (Wildman–Crippen MR) is 71.5 cm³/mol. The summed E-state index contributed by atoms with van der Waals surface area (Å²) >= 11 is 1.59. The summed E-state index contributed by atoms with van der Waals surface area (Å²) in [7, 11) is 0. The third-order valence-corrected chi connectivity index (χ3v) is 3.11. The van der Waals surface area contributed by atoms with E-state index in [1.165, 1.54) is 0 Å². The number of ether oxygens (including phenoxy) is 1. The Balaban J connectivity index is 2.18. The number of hydrogen-bond donors (Lipinski definition) is 1. The average molecular weight is 262 g/mol. The zero-order valence-corrected chi connectivity index (χ0v) is 11.0. The molecular weight excluding hydrogens is 248 g/mol. The first kappa shape index (κ1) is 12.6. The number of rotatable bonds is 4. The van der Waals surface area contributed by atoms with Gasteiger partial charge < -0.3 is 10.5 Å². The second-order valence-electron chi connectivity index (χ2n) is 3.61. The van der Waals surface area contributed by atoms with Crippen molar-refractivity contribution in [3.63, 3.8) is 0 Å². The van der Waals surface area contributed by atoms with Crippen LogP contribution in [0.15, 0.2) is 35.5 Å². The number of nitrogens with two attached hydrogens (primary N) is 1. The summed E-state index contributed by atoms with van der Waals surface area (Å²) in [5.41, 5.74) is 6.28. The molecule has 0 saturated carbocycles. The quantitative estimate of drug-likeness (QED) is 0.852. The van der Waals surface area contributed by atoms with E-state index in [0.29, 0.717) is 5.88 Å². The van der Waals surface area contributed by atoms with Crippen LogP contribution in [-0.2, 0) is 0 Å². The third-order valence-electron chi connectivity index (χ3n) is 2.36. The Morgan fingerprint density at radius 3 is 2.83 bits per heavy atom. The van der Waals surface area contributed by atoms with Crippen molar-refractivity contribution < 1.29 is 4.74 Å². The molecule has 0 aliphatic rings. The van der Waals surface area contributed by atoms with E-state index in [0.717, 1.165) is 10.6 Å². The lowest BCUT2D eigenvalue weighted by molar-refractivity contribution is 0.206. The summed E-state index contributed by atoms with van der Waals surface area (Å²) < 4.78 is 5.80. The fourth-order valence-corrected chi connectivity index (χ4v) is 1.95. The van der Waals surface area contributed by atoms with Gasteiger partial charge in [0.05, 0.1) is 10.6 Å². The zero-order chi connectivity index (χ0) is 13.0. The maximum atomic E-state index is 5.80. The molecule has 1 atom stereocenters. The van der Waals surface area contributed by atoms with E-state index in [2.05, 4.69) is 15.0 Å². The van der Waals surface area contributed by atoms with Gasteiger partial charge in [-0.25, -0.2) is 15.0 Å². The molecular formula is C12H14N4OS. The van der Waals surface area contributed by atoms with Gasteiger partial charge in [-0.2, -0.15) is 0 Å². The fourth-order valence-electron chi connectivity index (χ4n) is 1.46. The van der Waals surface area contributed by atoms with Crippen molar-refractivity contribution in [1.82, 2.24) is 15.0 Å². The predicted octanol–water partition coefficient (Wildman–Crippen LogP) is 2.32. The molecule has 94 valence electrons. The van der Waals surface area contributed by atoms with Crippen molar-refractivity contribution in [3.05, 3.63) is 36.3 Å². The molecule has 0 fully saturated rings. The van der Waals surface area contributed by atoms with Gasteiger partial charge in [0, 0.05) is 12.4 Å². The second kappa shape index (κ2) is 5.68. The molecule has 0 spiro atoms. The monoisotopic (exact) mass is 262 g/mol. The van der Waals surface area contributed by atoms with E-state index in [1.54, 1.807) is 30.2 Å². The van der Waals surface area contributed by atoms with Crippen LogP contribution in [0.1, 0.15) is 18.7 Å². The molecule has 6 heteroatoms. The Hall–Kier alpha value is -1.82. The van der Waals surface area contributed by atoms with Crippen molar-refractivity contribution in [2.24, 2.45) is 0 Å². The van der Waals surface area contributed by atoms with E-state index < -0.39 is 0 Å². The first-order valence-corrected chi connectivity index (χ1v) is 6.67. The number of nitrogens with zero attached hydrogens (tertiary/aromatic N) is 3. The van der Waals surface area contributed by atoms with Crippen LogP contribution in [0.25, 0.3) is 0 Å². The van der Waals surface area contributed by atoms with E-state index in [-0.39, 0.29) is 12.1 Å². The normalized spacial score (nSPS) is 12.1. The van der Waals surface area contributed by atoms with Crippen LogP contribution in [0.2, 0.25) is 0 Å². The minimum absolute atomic E-state index is 0.226. The molecule has 5 nitrogen and oxygen atoms in total. The smallest absolute Gasteiger partial charge is 0.227 e. The van der Waals surface area contributed by atoms with Crippen molar-refractivity contribution in [1.29, 1.82) is 0 Å². The number of nitrogen functional groups attached to an aromatic ring is 1. The highest BCUT2D eigenvalue weighted by Gasteiger charge is 2.12. The Morgan fingerprint density at radius 2 is 2.11 bits per heavy atom. The number of hydrogen-bond acceptors (Lipinski definition) is 6. The largest absolute Gasteiger partial charge is 0.467 e. The second-order valence-corrected chi connectivity index (χ2v) is 4.46. The Morgan fingerprint density at radius 1 is 1.28 bits per heavy atom. The van der Waals surface area contributed by atoms with Gasteiger partial charge in [0.1, 0.15) is 6.10 Å². The molecule has 0 amide bonds. The van der Waals surface area contributed by atoms with Crippen molar-refractivity contribution in [2.45, 2.75) is 17.9 Å². The SMILES string of the molecule is CSc1cccnc1O[C@H](C)c1ccnc(N)n1. The lowest BCUT2D eigenvalue weighted by Gasteiger charge is -2.15. The van der Waals surface area contributed by atoms with Crippen LogP contribution in [0.4, 0.5) is 5.95 Å². The van der Waals surface area contributed by atoms with Crippen LogP contribution >= 0.6 is 11.8 Å². The number of thioether (sulfide) groups is 1. The lowest BCUT2D eigenvalue weighted by Crippen LogP contribution is -2.08. The summed E-state index contributed by atoms with van der Waals surface area (Å²) in [6, 6.07) is 5.63. The van der Waals surface area contributed by atoms with E-state index in [4.69, 9.17) is 10.5 Å². The third kappa shape index (κ3) is 2.89. The van der Waals surface area contributed by atoms with E-state index in [9.17, 15) is 0 Å². The van der Waals surface area contributed by atoms with Crippen LogP contribution in [0.3, 0.4) is 0 Å². The summed E-state index contributed by atoms with van der Waals surface area (Å²) in [5, 5.41) is 0. The van der Waals surface area contributed by atoms with Crippen LogP contribution in [-0.4, -0.2) is 21.2 Å². The standard InChI is InChI=1S/C12H14N4OS/c1-8(9-5-7-15-12(13)16-9)17-11-10(18-2)4-3-6-14-11/h3-8H,1-2H3,(H2,13,15,16)/t8-/m1/s1. The zero-order valence-electron chi connectivity index (χ0n) is 10.2. The van der Waals surface area contributed by atoms with E-state index in [1.807, 2.05) is 25.3 Å². The summed E-state index contributed by atoms with van der Waals surface area (Å²) in [6.07, 6.45) is 5.08.